The summed E-state index contributed by atoms with van der Waals surface area (Å²) < 4.78 is 35.3. The summed E-state index contributed by atoms with van der Waals surface area (Å²) in [5.41, 5.74) is 4.77. The summed E-state index contributed by atoms with van der Waals surface area (Å²) in [5.74, 6) is 0.271. The molecule has 2 aromatic carbocycles. The van der Waals surface area contributed by atoms with Gasteiger partial charge in [0, 0.05) is 12.5 Å². The zero-order chi connectivity index (χ0) is 27.3. The molecule has 1 amide bonds. The molecular formula is C28H25F2N7O2. The molecular weight excluding hydrogens is 504 g/mol. The van der Waals surface area contributed by atoms with Crippen LogP contribution in [-0.4, -0.2) is 50.5 Å². The number of hydrazone groups is 1. The Bertz CT molecular complexity index is 1660. The number of aliphatic imine (C=N–C) groups is 1. The molecule has 2 aliphatic heterocycles. The summed E-state index contributed by atoms with van der Waals surface area (Å²) >= 11 is 0. The second kappa shape index (κ2) is 9.26. The SMILES string of the molecule is COc1ccc(CN2C(=O)C(C)(C)C3NN=C(n4nc(Cc5ccccc5F)c5ncc(F)cc54)N=C32)cc1. The van der Waals surface area contributed by atoms with Crippen LogP contribution in [0.4, 0.5) is 8.78 Å². The molecule has 1 atom stereocenters. The van der Waals surface area contributed by atoms with E-state index < -0.39 is 17.3 Å². The van der Waals surface area contributed by atoms with E-state index in [2.05, 4.69) is 20.6 Å². The van der Waals surface area contributed by atoms with Gasteiger partial charge in [0.05, 0.1) is 36.5 Å². The molecule has 2 aliphatic rings. The summed E-state index contributed by atoms with van der Waals surface area (Å²) in [6.45, 7) is 3.98. The number of nitrogens with one attached hydrogen (secondary N) is 1. The fourth-order valence-corrected chi connectivity index (χ4v) is 4.94. The van der Waals surface area contributed by atoms with Crippen molar-refractivity contribution >= 4 is 28.7 Å². The molecule has 4 aromatic rings. The van der Waals surface area contributed by atoms with E-state index in [1.54, 1.807) is 30.2 Å². The fourth-order valence-electron chi connectivity index (χ4n) is 4.94. The Morgan fingerprint density at radius 1 is 1.10 bits per heavy atom. The molecule has 1 saturated heterocycles. The van der Waals surface area contributed by atoms with Gasteiger partial charge in [-0.2, -0.15) is 14.8 Å². The van der Waals surface area contributed by atoms with Gasteiger partial charge in [-0.3, -0.25) is 15.1 Å². The number of aromatic nitrogens is 3. The van der Waals surface area contributed by atoms with E-state index in [9.17, 15) is 13.6 Å². The minimum Gasteiger partial charge on any atom is -0.497 e. The van der Waals surface area contributed by atoms with Gasteiger partial charge in [-0.1, -0.05) is 30.3 Å². The number of methoxy groups -OCH3 is 1. The number of benzene rings is 2. The number of likely N-dealkylation sites (tertiary alicyclic amines) is 1. The highest BCUT2D eigenvalue weighted by Gasteiger charge is 2.53. The maximum Gasteiger partial charge on any atom is 0.269 e. The van der Waals surface area contributed by atoms with Crippen molar-refractivity contribution in [1.82, 2.24) is 25.1 Å². The van der Waals surface area contributed by atoms with E-state index in [0.717, 1.165) is 11.8 Å². The third kappa shape index (κ3) is 4.19. The van der Waals surface area contributed by atoms with Crippen LogP contribution in [0.25, 0.3) is 11.0 Å². The molecule has 198 valence electrons. The quantitative estimate of drug-likeness (QED) is 0.424. The second-order valence-corrected chi connectivity index (χ2v) is 10.1. The van der Waals surface area contributed by atoms with E-state index in [0.29, 0.717) is 40.4 Å². The summed E-state index contributed by atoms with van der Waals surface area (Å²) in [7, 11) is 1.59. The zero-order valence-corrected chi connectivity index (χ0v) is 21.5. The monoisotopic (exact) mass is 529 g/mol. The van der Waals surface area contributed by atoms with Crippen molar-refractivity contribution in [1.29, 1.82) is 0 Å². The number of hydrogen-bond acceptors (Lipinski definition) is 7. The Balaban J connectivity index is 1.40. The fraction of sp³-hybridized carbons (Fsp3) is 0.250. The van der Waals surface area contributed by atoms with Crippen molar-refractivity contribution in [3.8, 4) is 5.75 Å². The van der Waals surface area contributed by atoms with Crippen molar-refractivity contribution < 1.29 is 18.3 Å². The number of ether oxygens (including phenoxy) is 1. The number of nitrogens with zero attached hydrogens (tertiary/aromatic N) is 6. The molecule has 1 unspecified atom stereocenters. The first kappa shape index (κ1) is 24.7. The minimum atomic E-state index is -0.809. The van der Waals surface area contributed by atoms with Crippen LogP contribution >= 0.6 is 0 Å². The van der Waals surface area contributed by atoms with Crippen LogP contribution in [0.3, 0.4) is 0 Å². The van der Waals surface area contributed by atoms with E-state index in [-0.39, 0.29) is 24.1 Å². The second-order valence-electron chi connectivity index (χ2n) is 10.1. The minimum absolute atomic E-state index is 0.107. The van der Waals surface area contributed by atoms with E-state index in [1.807, 2.05) is 38.1 Å². The Kier molecular flexibility index (Phi) is 5.86. The Hall–Kier alpha value is -4.67. The molecule has 39 heavy (non-hydrogen) atoms. The van der Waals surface area contributed by atoms with Crippen molar-refractivity contribution in [2.75, 3.05) is 7.11 Å². The summed E-state index contributed by atoms with van der Waals surface area (Å²) in [5, 5.41) is 9.03. The summed E-state index contributed by atoms with van der Waals surface area (Å²) in [6, 6.07) is 14.7. The normalized spacial score (nSPS) is 18.0. The Morgan fingerprint density at radius 2 is 1.87 bits per heavy atom. The molecule has 0 radical (unpaired) electrons. The van der Waals surface area contributed by atoms with Crippen molar-refractivity contribution in [2.45, 2.75) is 32.9 Å². The van der Waals surface area contributed by atoms with Crippen LogP contribution in [0.2, 0.25) is 0 Å². The lowest BCUT2D eigenvalue weighted by Crippen LogP contribution is -2.46. The van der Waals surface area contributed by atoms with Crippen LogP contribution < -0.4 is 10.2 Å². The molecule has 6 rings (SSSR count). The third-order valence-corrected chi connectivity index (χ3v) is 7.12. The van der Waals surface area contributed by atoms with E-state index in [1.165, 1.54) is 16.8 Å². The molecule has 0 aliphatic carbocycles. The van der Waals surface area contributed by atoms with Crippen LogP contribution in [0.15, 0.2) is 70.9 Å². The van der Waals surface area contributed by atoms with Gasteiger partial charge in [0.2, 0.25) is 5.91 Å². The number of amidine groups is 1. The van der Waals surface area contributed by atoms with Crippen LogP contribution in [-0.2, 0) is 17.8 Å². The molecule has 4 heterocycles. The highest BCUT2D eigenvalue weighted by atomic mass is 19.1. The highest BCUT2D eigenvalue weighted by molar-refractivity contribution is 6.15. The Morgan fingerprint density at radius 3 is 2.62 bits per heavy atom. The largest absolute Gasteiger partial charge is 0.497 e. The number of rotatable bonds is 5. The first-order valence-electron chi connectivity index (χ1n) is 12.4. The number of carbonyl (C=O) groups excluding carboxylic acids is 1. The first-order chi connectivity index (χ1) is 18.8. The lowest BCUT2D eigenvalue weighted by molar-refractivity contribution is -0.134. The maximum atomic E-state index is 14.4. The third-order valence-electron chi connectivity index (χ3n) is 7.12. The number of carbonyl (C=O) groups is 1. The van der Waals surface area contributed by atoms with Crippen LogP contribution in [0, 0.1) is 17.0 Å². The van der Waals surface area contributed by atoms with Crippen LogP contribution in [0.1, 0.15) is 30.7 Å². The van der Waals surface area contributed by atoms with Gasteiger partial charge < -0.3 is 4.74 Å². The molecule has 2 aromatic heterocycles. The average Bonchev–Trinajstić information content (AvgIpc) is 3.37. The van der Waals surface area contributed by atoms with Gasteiger partial charge in [0.25, 0.3) is 5.96 Å². The van der Waals surface area contributed by atoms with Gasteiger partial charge in [0.15, 0.2) is 0 Å². The number of fused-ring (bicyclic) bond motifs is 2. The highest BCUT2D eigenvalue weighted by Crippen LogP contribution is 2.36. The van der Waals surface area contributed by atoms with Crippen molar-refractivity contribution in [2.24, 2.45) is 15.5 Å². The molecule has 0 bridgehead atoms. The van der Waals surface area contributed by atoms with Gasteiger partial charge in [-0.15, -0.1) is 5.10 Å². The topological polar surface area (TPSA) is 97.0 Å². The molecule has 1 N–H and O–H groups in total. The van der Waals surface area contributed by atoms with Crippen LogP contribution in [0.5, 0.6) is 5.75 Å². The number of amides is 1. The molecule has 1 fully saturated rings. The van der Waals surface area contributed by atoms with Gasteiger partial charge >= 0.3 is 0 Å². The van der Waals surface area contributed by atoms with Gasteiger partial charge in [-0.05, 0) is 43.2 Å². The van der Waals surface area contributed by atoms with Crippen molar-refractivity contribution in [3.63, 3.8) is 0 Å². The molecule has 0 spiro atoms. The summed E-state index contributed by atoms with van der Waals surface area (Å²) in [4.78, 5) is 24.1. The predicted molar refractivity (Wildman–Crippen MR) is 141 cm³/mol. The Labute approximate surface area is 222 Å². The van der Waals surface area contributed by atoms with Gasteiger partial charge in [0.1, 0.15) is 34.8 Å². The standard InChI is InChI=1S/C28H25F2N7O2/c1-28(2)24-25(36(26(28)38)15-16-8-10-19(39-3)11-9-16)32-27(34-33-24)37-22-13-18(29)14-31-23(22)21(35-37)12-17-6-4-5-7-20(17)30/h4-11,13-14,24,33H,12,15H2,1-3H3. The predicted octanol–water partition coefficient (Wildman–Crippen LogP) is 3.87. The maximum absolute atomic E-state index is 14.4. The first-order valence-corrected chi connectivity index (χ1v) is 12.4. The smallest absolute Gasteiger partial charge is 0.269 e. The van der Waals surface area contributed by atoms with E-state index in [4.69, 9.17) is 9.73 Å². The number of halogens is 2. The van der Waals surface area contributed by atoms with Gasteiger partial charge in [-0.25, -0.2) is 13.8 Å². The zero-order valence-electron chi connectivity index (χ0n) is 21.5. The average molecular weight is 530 g/mol. The number of pyridine rings is 1. The summed E-state index contributed by atoms with van der Waals surface area (Å²) in [6.07, 6.45) is 1.24. The number of hydrogen-bond donors (Lipinski definition) is 1. The van der Waals surface area contributed by atoms with Crippen molar-refractivity contribution in [3.05, 3.63) is 89.2 Å². The molecule has 0 saturated carbocycles. The van der Waals surface area contributed by atoms with E-state index >= 15 is 0 Å². The molecule has 9 nitrogen and oxygen atoms in total. The lowest BCUT2D eigenvalue weighted by atomic mass is 9.87. The molecule has 11 heteroatoms. The lowest BCUT2D eigenvalue weighted by Gasteiger charge is -2.25.